The van der Waals surface area contributed by atoms with E-state index in [9.17, 15) is 0 Å². The first-order chi connectivity index (χ1) is 6.97. The van der Waals surface area contributed by atoms with Crippen molar-refractivity contribution in [1.82, 2.24) is 0 Å². The third kappa shape index (κ3) is 6.22. The topological polar surface area (TPSA) is 0 Å². The highest BCUT2D eigenvalue weighted by molar-refractivity contribution is 4.78. The number of hydrogen-bond acceptors (Lipinski definition) is 0. The van der Waals surface area contributed by atoms with Gasteiger partial charge in [-0.25, -0.2) is 0 Å². The molecule has 90 valence electrons. The average molecular weight is 210 g/mol. The Hall–Kier alpha value is 0. The second-order valence-electron chi connectivity index (χ2n) is 7.09. The molecule has 0 aromatic heterocycles. The highest BCUT2D eigenvalue weighted by Crippen LogP contribution is 2.39. The average Bonchev–Trinajstić information content (AvgIpc) is 2.16. The van der Waals surface area contributed by atoms with E-state index >= 15 is 0 Å². The third-order valence-electron chi connectivity index (χ3n) is 3.47. The summed E-state index contributed by atoms with van der Waals surface area (Å²) in [5.74, 6) is 2.31. The molecule has 0 aromatic rings. The van der Waals surface area contributed by atoms with Crippen molar-refractivity contribution < 1.29 is 0 Å². The van der Waals surface area contributed by atoms with Crippen LogP contribution in [0.15, 0.2) is 0 Å². The maximum Gasteiger partial charge on any atom is -0.0386 e. The standard InChI is InChI=1S/C10H18.C5H12/c1-2-6-10-8-4-3-7-9(10)5-1;1-5(2,3)4/h9-10H,1-8H2;1-4H3. The molecule has 0 unspecified atom stereocenters. The van der Waals surface area contributed by atoms with Crippen molar-refractivity contribution in [3.8, 4) is 0 Å². The van der Waals surface area contributed by atoms with E-state index < -0.39 is 0 Å². The molecule has 0 radical (unpaired) electrons. The largest absolute Gasteiger partial charge is 0.0604 e. The summed E-state index contributed by atoms with van der Waals surface area (Å²) < 4.78 is 0. The molecule has 0 heterocycles. The van der Waals surface area contributed by atoms with Gasteiger partial charge in [-0.1, -0.05) is 79.1 Å². The lowest BCUT2D eigenvalue weighted by molar-refractivity contribution is 0.171. The van der Waals surface area contributed by atoms with Gasteiger partial charge in [-0.05, 0) is 17.3 Å². The van der Waals surface area contributed by atoms with Crippen LogP contribution in [0.4, 0.5) is 0 Å². The Kier molecular flexibility index (Phi) is 5.15. The van der Waals surface area contributed by atoms with Crippen LogP contribution in [-0.4, -0.2) is 0 Å². The van der Waals surface area contributed by atoms with Gasteiger partial charge in [-0.2, -0.15) is 0 Å². The molecular formula is C15H30. The van der Waals surface area contributed by atoms with E-state index in [0.717, 1.165) is 11.8 Å². The van der Waals surface area contributed by atoms with E-state index in [1.54, 1.807) is 25.7 Å². The Balaban J connectivity index is 0.000000195. The Morgan fingerprint density at radius 1 is 0.600 bits per heavy atom. The maximum atomic E-state index is 2.19. The van der Waals surface area contributed by atoms with Gasteiger partial charge in [0.05, 0.1) is 0 Å². The van der Waals surface area contributed by atoms with Crippen molar-refractivity contribution in [2.75, 3.05) is 0 Å². The molecule has 15 heavy (non-hydrogen) atoms. The summed E-state index contributed by atoms with van der Waals surface area (Å²) in [6.45, 7) is 8.75. The van der Waals surface area contributed by atoms with E-state index in [0.29, 0.717) is 5.41 Å². The van der Waals surface area contributed by atoms with Crippen LogP contribution in [0.5, 0.6) is 0 Å². The summed E-state index contributed by atoms with van der Waals surface area (Å²) in [4.78, 5) is 0. The first-order valence-corrected chi connectivity index (χ1v) is 6.97. The van der Waals surface area contributed by atoms with Gasteiger partial charge in [0.25, 0.3) is 0 Å². The summed E-state index contributed by atoms with van der Waals surface area (Å²) in [7, 11) is 0. The van der Waals surface area contributed by atoms with Crippen molar-refractivity contribution in [3.05, 3.63) is 0 Å². The Labute approximate surface area is 96.8 Å². The van der Waals surface area contributed by atoms with E-state index in [-0.39, 0.29) is 0 Å². The normalized spacial score (nSPS) is 31.2. The summed E-state index contributed by atoms with van der Waals surface area (Å²) in [5, 5.41) is 0. The Bertz CT molecular complexity index is 131. The molecule has 2 rings (SSSR count). The van der Waals surface area contributed by atoms with Crippen LogP contribution in [-0.2, 0) is 0 Å². The summed E-state index contributed by atoms with van der Waals surface area (Å²) in [6, 6.07) is 0. The zero-order valence-corrected chi connectivity index (χ0v) is 11.3. The molecule has 2 aliphatic rings. The molecule has 0 atom stereocenters. The molecule has 0 aliphatic heterocycles. The first kappa shape index (κ1) is 13.1. The van der Waals surface area contributed by atoms with Crippen molar-refractivity contribution >= 4 is 0 Å². The number of fused-ring (bicyclic) bond motifs is 1. The molecule has 0 nitrogen and oxygen atoms in total. The fourth-order valence-electron chi connectivity index (χ4n) is 2.86. The van der Waals surface area contributed by atoms with Crippen LogP contribution in [0.1, 0.15) is 79.1 Å². The Morgan fingerprint density at radius 3 is 1.00 bits per heavy atom. The zero-order chi connectivity index (χ0) is 11.3. The lowest BCUT2D eigenvalue weighted by atomic mass is 9.71. The predicted molar refractivity (Wildman–Crippen MR) is 69.0 cm³/mol. The van der Waals surface area contributed by atoms with Crippen molar-refractivity contribution in [3.63, 3.8) is 0 Å². The molecule has 2 fully saturated rings. The molecule has 0 spiro atoms. The second kappa shape index (κ2) is 5.92. The lowest BCUT2D eigenvalue weighted by Crippen LogP contribution is -2.22. The molecule has 0 heteroatoms. The van der Waals surface area contributed by atoms with Crippen LogP contribution in [0.2, 0.25) is 0 Å². The highest BCUT2D eigenvalue weighted by atomic mass is 14.3. The van der Waals surface area contributed by atoms with Crippen molar-refractivity contribution in [1.29, 1.82) is 0 Å². The minimum atomic E-state index is 0.500. The minimum absolute atomic E-state index is 0.500. The summed E-state index contributed by atoms with van der Waals surface area (Å²) >= 11 is 0. The SMILES string of the molecule is C1CCC2CCCCC2C1.CC(C)(C)C. The lowest BCUT2D eigenvalue weighted by Gasteiger charge is -2.35. The van der Waals surface area contributed by atoms with Gasteiger partial charge in [0.15, 0.2) is 0 Å². The molecule has 2 aliphatic carbocycles. The quantitative estimate of drug-likeness (QED) is 0.501. The van der Waals surface area contributed by atoms with Gasteiger partial charge in [0, 0.05) is 0 Å². The van der Waals surface area contributed by atoms with E-state index in [2.05, 4.69) is 27.7 Å². The third-order valence-corrected chi connectivity index (χ3v) is 3.47. The van der Waals surface area contributed by atoms with E-state index in [1.165, 1.54) is 25.7 Å². The fraction of sp³-hybridized carbons (Fsp3) is 1.00. The molecule has 0 aromatic carbocycles. The first-order valence-electron chi connectivity index (χ1n) is 6.97. The van der Waals surface area contributed by atoms with Gasteiger partial charge in [0.1, 0.15) is 0 Å². The predicted octanol–water partition coefficient (Wildman–Crippen LogP) is 5.42. The van der Waals surface area contributed by atoms with Crippen LogP contribution in [0.25, 0.3) is 0 Å². The van der Waals surface area contributed by atoms with Crippen molar-refractivity contribution in [2.45, 2.75) is 79.1 Å². The highest BCUT2D eigenvalue weighted by Gasteiger charge is 2.26. The van der Waals surface area contributed by atoms with E-state index in [1.807, 2.05) is 0 Å². The van der Waals surface area contributed by atoms with Gasteiger partial charge < -0.3 is 0 Å². The van der Waals surface area contributed by atoms with Gasteiger partial charge in [-0.15, -0.1) is 0 Å². The molecule has 2 saturated carbocycles. The fourth-order valence-corrected chi connectivity index (χ4v) is 2.86. The van der Waals surface area contributed by atoms with E-state index in [4.69, 9.17) is 0 Å². The maximum absolute atomic E-state index is 2.19. The number of rotatable bonds is 0. The minimum Gasteiger partial charge on any atom is -0.0604 e. The molecule has 0 N–H and O–H groups in total. The second-order valence-corrected chi connectivity index (χ2v) is 7.09. The summed E-state index contributed by atoms with van der Waals surface area (Å²) in [5.41, 5.74) is 0.500. The summed E-state index contributed by atoms with van der Waals surface area (Å²) in [6.07, 6.45) is 12.4. The monoisotopic (exact) mass is 210 g/mol. The molecule has 0 bridgehead atoms. The van der Waals surface area contributed by atoms with Crippen LogP contribution >= 0.6 is 0 Å². The van der Waals surface area contributed by atoms with Crippen LogP contribution < -0.4 is 0 Å². The van der Waals surface area contributed by atoms with Crippen LogP contribution in [0, 0.1) is 17.3 Å². The molecule has 0 saturated heterocycles. The van der Waals surface area contributed by atoms with Gasteiger partial charge >= 0.3 is 0 Å². The zero-order valence-electron chi connectivity index (χ0n) is 11.3. The smallest absolute Gasteiger partial charge is 0.0386 e. The molecule has 0 amide bonds. The number of hydrogen-bond donors (Lipinski definition) is 0. The van der Waals surface area contributed by atoms with Gasteiger partial charge in [-0.3, -0.25) is 0 Å². The van der Waals surface area contributed by atoms with Crippen molar-refractivity contribution in [2.24, 2.45) is 17.3 Å². The van der Waals surface area contributed by atoms with Crippen LogP contribution in [0.3, 0.4) is 0 Å². The molecular weight excluding hydrogens is 180 g/mol. The Morgan fingerprint density at radius 2 is 0.800 bits per heavy atom. The van der Waals surface area contributed by atoms with Gasteiger partial charge in [0.2, 0.25) is 0 Å².